The molecule has 0 heterocycles. The van der Waals surface area contributed by atoms with Crippen molar-refractivity contribution in [1.82, 2.24) is 0 Å². The second-order valence-electron chi connectivity index (χ2n) is 2.08. The molecule has 0 bridgehead atoms. The van der Waals surface area contributed by atoms with Crippen molar-refractivity contribution in [2.24, 2.45) is 0 Å². The van der Waals surface area contributed by atoms with Crippen molar-refractivity contribution >= 4 is 5.69 Å². The van der Waals surface area contributed by atoms with Gasteiger partial charge in [0.1, 0.15) is 5.69 Å². The van der Waals surface area contributed by atoms with Crippen LogP contribution in [0.1, 0.15) is 5.56 Å². The normalized spacial score (nSPS) is 8.40. The number of benzene rings is 1. The number of diazo groups is 1. The minimum absolute atomic E-state index is 0.794. The molecule has 0 aliphatic rings. The molecule has 0 saturated heterocycles. The summed E-state index contributed by atoms with van der Waals surface area (Å²) >= 11 is 0. The van der Waals surface area contributed by atoms with E-state index in [1.807, 2.05) is 31.2 Å². The zero-order chi connectivity index (χ0) is 7.40. The van der Waals surface area contributed by atoms with E-state index in [0.717, 1.165) is 11.3 Å². The van der Waals surface area contributed by atoms with E-state index in [0.29, 0.717) is 0 Å². The first-order chi connectivity index (χ1) is 4.83. The molecule has 1 rings (SSSR count). The van der Waals surface area contributed by atoms with Crippen molar-refractivity contribution in [3.05, 3.63) is 34.9 Å². The summed E-state index contributed by atoms with van der Waals surface area (Å²) in [6.07, 6.45) is 0. The van der Waals surface area contributed by atoms with Crippen LogP contribution in [0.3, 0.4) is 0 Å². The summed E-state index contributed by atoms with van der Waals surface area (Å²) in [5.74, 6) is 0. The van der Waals surface area contributed by atoms with E-state index in [9.17, 15) is 0 Å². The highest BCUT2D eigenvalue weighted by molar-refractivity contribution is 5.45. The molecule has 1 aromatic rings. The summed E-state index contributed by atoms with van der Waals surface area (Å²) < 4.78 is 0. The van der Waals surface area contributed by atoms with E-state index in [4.69, 9.17) is 5.39 Å². The first-order valence-electron chi connectivity index (χ1n) is 2.99. The van der Waals surface area contributed by atoms with Crippen LogP contribution in [0.2, 0.25) is 0 Å². The fourth-order valence-corrected chi connectivity index (χ4v) is 0.772. The van der Waals surface area contributed by atoms with Crippen molar-refractivity contribution in [2.45, 2.75) is 6.92 Å². The Labute approximate surface area is 59.3 Å². The molecule has 1 aromatic carbocycles. The lowest BCUT2D eigenvalue weighted by atomic mass is 10.2. The standard InChI is InChI=1S/C7H8N3/c1-6-3-2-4-7(5-6)9-10-8/h2-5,9H,1H3/q+1. The van der Waals surface area contributed by atoms with Gasteiger partial charge in [0.2, 0.25) is 0 Å². The van der Waals surface area contributed by atoms with Gasteiger partial charge in [-0.05, 0) is 30.0 Å². The molecular formula is C7H8N3+. The van der Waals surface area contributed by atoms with Gasteiger partial charge in [0, 0.05) is 0 Å². The summed E-state index contributed by atoms with van der Waals surface area (Å²) in [6, 6.07) is 7.58. The maximum Gasteiger partial charge on any atom is 0.308 e. The Kier molecular flexibility index (Phi) is 1.86. The number of anilines is 1. The molecule has 0 aliphatic heterocycles. The Morgan fingerprint density at radius 2 is 2.30 bits per heavy atom. The van der Waals surface area contributed by atoms with Gasteiger partial charge in [-0.3, -0.25) is 0 Å². The molecule has 0 atom stereocenters. The van der Waals surface area contributed by atoms with E-state index < -0.39 is 0 Å². The molecule has 0 radical (unpaired) electrons. The van der Waals surface area contributed by atoms with Crippen LogP contribution in [-0.4, -0.2) is 0 Å². The Balaban J connectivity index is 2.87. The number of nitrogens with one attached hydrogen (secondary N) is 1. The van der Waals surface area contributed by atoms with Gasteiger partial charge < -0.3 is 0 Å². The maximum atomic E-state index is 8.12. The molecule has 3 heteroatoms. The highest BCUT2D eigenvalue weighted by Crippen LogP contribution is 2.08. The topological polar surface area (TPSA) is 40.2 Å². The molecule has 3 nitrogen and oxygen atoms in total. The Hall–Kier alpha value is -1.56. The third-order valence-corrected chi connectivity index (χ3v) is 1.20. The summed E-state index contributed by atoms with van der Waals surface area (Å²) in [5, 5.41) is 10.9. The lowest BCUT2D eigenvalue weighted by molar-refractivity contribution is 1.38. The zero-order valence-electron chi connectivity index (χ0n) is 5.70. The predicted octanol–water partition coefficient (Wildman–Crippen LogP) is 2.17. The molecule has 0 fully saturated rings. The summed E-state index contributed by atoms with van der Waals surface area (Å²) in [7, 11) is 0. The van der Waals surface area contributed by atoms with Gasteiger partial charge in [0.05, 0.1) is 0 Å². The number of rotatable bonds is 1. The summed E-state index contributed by atoms with van der Waals surface area (Å²) in [5.41, 5.74) is 4.36. The molecule has 1 N–H and O–H groups in total. The van der Waals surface area contributed by atoms with E-state index in [2.05, 4.69) is 10.5 Å². The molecule has 10 heavy (non-hydrogen) atoms. The van der Waals surface area contributed by atoms with Crippen molar-refractivity contribution in [2.75, 3.05) is 5.43 Å². The quantitative estimate of drug-likeness (QED) is 0.472. The van der Waals surface area contributed by atoms with Gasteiger partial charge in [-0.2, -0.15) is 0 Å². The lowest BCUT2D eigenvalue weighted by Crippen LogP contribution is -1.82. The maximum absolute atomic E-state index is 8.12. The zero-order valence-corrected chi connectivity index (χ0v) is 5.70. The highest BCUT2D eigenvalue weighted by Gasteiger charge is 1.94. The lowest BCUT2D eigenvalue weighted by Gasteiger charge is -1.90. The van der Waals surface area contributed by atoms with Crippen LogP contribution >= 0.6 is 0 Å². The first-order valence-corrected chi connectivity index (χ1v) is 2.99. The van der Waals surface area contributed by atoms with E-state index in [1.54, 1.807) is 0 Å². The van der Waals surface area contributed by atoms with Gasteiger partial charge in [-0.15, -0.1) is 0 Å². The predicted molar refractivity (Wildman–Crippen MR) is 39.9 cm³/mol. The SMILES string of the molecule is Cc1cccc(N[N+]#N)c1. The number of hydrogen-bond donors (Lipinski definition) is 1. The largest absolute Gasteiger partial charge is 0.308 e. The van der Waals surface area contributed by atoms with E-state index >= 15 is 0 Å². The molecule has 0 spiro atoms. The average Bonchev–Trinajstić information content (AvgIpc) is 1.88. The first kappa shape index (κ1) is 6.56. The van der Waals surface area contributed by atoms with Crippen LogP contribution < -0.4 is 5.43 Å². The fraction of sp³-hybridized carbons (Fsp3) is 0.143. The smallest absolute Gasteiger partial charge is 0.0597 e. The van der Waals surface area contributed by atoms with Crippen molar-refractivity contribution in [3.63, 3.8) is 0 Å². The number of aryl methyl sites for hydroxylation is 1. The van der Waals surface area contributed by atoms with Crippen LogP contribution in [0.4, 0.5) is 5.69 Å². The molecule has 0 unspecified atom stereocenters. The molecule has 0 saturated carbocycles. The highest BCUT2D eigenvalue weighted by atomic mass is 15.3. The van der Waals surface area contributed by atoms with Crippen molar-refractivity contribution in [3.8, 4) is 0 Å². The fourth-order valence-electron chi connectivity index (χ4n) is 0.772. The van der Waals surface area contributed by atoms with Gasteiger partial charge in [0.25, 0.3) is 5.39 Å². The second-order valence-corrected chi connectivity index (χ2v) is 2.08. The molecule has 0 aliphatic carbocycles. The minimum atomic E-state index is 0.794. The van der Waals surface area contributed by atoms with Crippen LogP contribution in [0.5, 0.6) is 0 Å². The molecule has 0 amide bonds. The Morgan fingerprint density at radius 1 is 1.50 bits per heavy atom. The van der Waals surface area contributed by atoms with Gasteiger partial charge in [-0.25, -0.2) is 0 Å². The van der Waals surface area contributed by atoms with Crippen LogP contribution in [0.25, 0.3) is 5.08 Å². The molecule has 50 valence electrons. The Morgan fingerprint density at radius 3 is 2.90 bits per heavy atom. The summed E-state index contributed by atoms with van der Waals surface area (Å²) in [6.45, 7) is 1.97. The molecular weight excluding hydrogens is 126 g/mol. The molecule has 0 aromatic heterocycles. The number of nitrogens with zero attached hydrogens (tertiary/aromatic N) is 2. The van der Waals surface area contributed by atoms with Crippen LogP contribution in [0, 0.1) is 12.3 Å². The van der Waals surface area contributed by atoms with Crippen LogP contribution in [-0.2, 0) is 0 Å². The minimum Gasteiger partial charge on any atom is -0.0597 e. The second kappa shape index (κ2) is 2.83. The Bertz CT molecular complexity index is 262. The van der Waals surface area contributed by atoms with E-state index in [-0.39, 0.29) is 0 Å². The van der Waals surface area contributed by atoms with Crippen molar-refractivity contribution < 1.29 is 0 Å². The third-order valence-electron chi connectivity index (χ3n) is 1.20. The average molecular weight is 134 g/mol. The van der Waals surface area contributed by atoms with Gasteiger partial charge in [-0.1, -0.05) is 12.1 Å². The van der Waals surface area contributed by atoms with Crippen LogP contribution in [0.15, 0.2) is 24.3 Å². The summed E-state index contributed by atoms with van der Waals surface area (Å²) in [4.78, 5) is 0. The van der Waals surface area contributed by atoms with Crippen molar-refractivity contribution in [1.29, 1.82) is 5.39 Å². The van der Waals surface area contributed by atoms with Gasteiger partial charge in [0.15, 0.2) is 0 Å². The van der Waals surface area contributed by atoms with E-state index in [1.165, 1.54) is 0 Å². The monoisotopic (exact) mass is 134 g/mol. The third kappa shape index (κ3) is 1.46. The number of hydrogen-bond acceptors (Lipinski definition) is 2. The van der Waals surface area contributed by atoms with Gasteiger partial charge >= 0.3 is 5.08 Å².